The van der Waals surface area contributed by atoms with Crippen LogP contribution in [0.4, 0.5) is 8.78 Å². The van der Waals surface area contributed by atoms with E-state index in [2.05, 4.69) is 10.4 Å². The fourth-order valence-electron chi connectivity index (χ4n) is 2.49. The van der Waals surface area contributed by atoms with Crippen LogP contribution in [0, 0.1) is 6.92 Å². The molecule has 0 N–H and O–H groups in total. The average molecular weight is 381 g/mol. The molecule has 0 bridgehead atoms. The Morgan fingerprint density at radius 2 is 2.00 bits per heavy atom. The highest BCUT2D eigenvalue weighted by Gasteiger charge is 2.20. The molecule has 6 nitrogen and oxygen atoms in total. The van der Waals surface area contributed by atoms with Crippen molar-refractivity contribution in [2.24, 2.45) is 7.05 Å². The van der Waals surface area contributed by atoms with Gasteiger partial charge in [0.15, 0.2) is 0 Å². The Labute approximate surface area is 152 Å². The summed E-state index contributed by atoms with van der Waals surface area (Å²) in [6.07, 6.45) is -2.74. The van der Waals surface area contributed by atoms with Gasteiger partial charge < -0.3 is 4.74 Å². The van der Waals surface area contributed by atoms with Crippen LogP contribution in [-0.4, -0.2) is 19.8 Å². The number of benzene rings is 2. The molecular formula is C17H15ClF2N4O2. The van der Waals surface area contributed by atoms with E-state index in [0.29, 0.717) is 10.8 Å². The minimum Gasteiger partial charge on any atom is -0.487 e. The number of rotatable bonds is 5. The molecule has 0 atom stereocenters. The number of hydrogen-bond acceptors (Lipinski definition) is 4. The third-order valence-corrected chi connectivity index (χ3v) is 4.14. The Morgan fingerprint density at radius 3 is 2.65 bits per heavy atom. The fraction of sp³-hybridized carbons (Fsp3) is 0.235. The van der Waals surface area contributed by atoms with Crippen LogP contribution < -0.4 is 10.4 Å². The van der Waals surface area contributed by atoms with E-state index in [1.807, 2.05) is 13.0 Å². The summed E-state index contributed by atoms with van der Waals surface area (Å²) in [5.74, 6) is 0.369. The molecule has 0 fully saturated rings. The zero-order valence-corrected chi connectivity index (χ0v) is 14.7. The van der Waals surface area contributed by atoms with Gasteiger partial charge in [-0.2, -0.15) is 9.36 Å². The number of nitrogens with zero attached hydrogens (tertiary/aromatic N) is 4. The Morgan fingerprint density at radius 1 is 1.23 bits per heavy atom. The summed E-state index contributed by atoms with van der Waals surface area (Å²) < 4.78 is 34.6. The highest BCUT2D eigenvalue weighted by molar-refractivity contribution is 6.32. The van der Waals surface area contributed by atoms with Crippen molar-refractivity contribution in [1.29, 1.82) is 0 Å². The van der Waals surface area contributed by atoms with Gasteiger partial charge in [0.05, 0.1) is 10.7 Å². The minimum atomic E-state index is -2.74. The molecular weight excluding hydrogens is 366 g/mol. The zero-order chi connectivity index (χ0) is 18.8. The Bertz CT molecular complexity index is 1000. The lowest BCUT2D eigenvalue weighted by molar-refractivity contribution is 0.148. The molecule has 3 aromatic rings. The van der Waals surface area contributed by atoms with Gasteiger partial charge in [-0.1, -0.05) is 29.8 Å². The molecule has 136 valence electrons. The summed E-state index contributed by atoms with van der Waals surface area (Å²) in [6.45, 7) is 1.66. The van der Waals surface area contributed by atoms with Crippen molar-refractivity contribution in [3.8, 4) is 11.4 Å². The van der Waals surface area contributed by atoms with E-state index in [0.717, 1.165) is 14.9 Å². The number of halogens is 3. The maximum Gasteiger partial charge on any atom is 0.368 e. The predicted octanol–water partition coefficient (Wildman–Crippen LogP) is 3.44. The highest BCUT2D eigenvalue weighted by Crippen LogP contribution is 2.30. The van der Waals surface area contributed by atoms with Gasteiger partial charge in [0, 0.05) is 18.2 Å². The number of aromatic nitrogens is 4. The molecule has 0 aliphatic heterocycles. The second-order valence-electron chi connectivity index (χ2n) is 5.67. The number of ether oxygens (including phenoxy) is 1. The first-order valence-electron chi connectivity index (χ1n) is 7.66. The lowest BCUT2D eigenvalue weighted by Crippen LogP contribution is -2.23. The van der Waals surface area contributed by atoms with E-state index >= 15 is 0 Å². The topological polar surface area (TPSA) is 61.9 Å². The van der Waals surface area contributed by atoms with Crippen molar-refractivity contribution >= 4 is 11.6 Å². The third kappa shape index (κ3) is 3.45. The van der Waals surface area contributed by atoms with Crippen LogP contribution in [0.2, 0.25) is 5.02 Å². The van der Waals surface area contributed by atoms with E-state index in [9.17, 15) is 13.6 Å². The average Bonchev–Trinajstić information content (AvgIpc) is 2.94. The summed E-state index contributed by atoms with van der Waals surface area (Å²) >= 11 is 6.10. The van der Waals surface area contributed by atoms with Crippen molar-refractivity contribution < 1.29 is 13.5 Å². The Balaban J connectivity index is 2.05. The number of tetrazole rings is 1. The molecule has 0 saturated heterocycles. The maximum atomic E-state index is 13.5. The van der Waals surface area contributed by atoms with Gasteiger partial charge in [0.25, 0.3) is 6.43 Å². The predicted molar refractivity (Wildman–Crippen MR) is 92.1 cm³/mol. The zero-order valence-electron chi connectivity index (χ0n) is 14.0. The fourth-order valence-corrected chi connectivity index (χ4v) is 2.66. The quantitative estimate of drug-likeness (QED) is 0.680. The van der Waals surface area contributed by atoms with Crippen LogP contribution in [0.1, 0.15) is 23.1 Å². The molecule has 2 aromatic carbocycles. The molecule has 0 aliphatic carbocycles. The molecule has 0 radical (unpaired) electrons. The van der Waals surface area contributed by atoms with Crippen molar-refractivity contribution in [2.45, 2.75) is 20.0 Å². The molecule has 1 aromatic heterocycles. The molecule has 9 heteroatoms. The van der Waals surface area contributed by atoms with Crippen LogP contribution in [0.15, 0.2) is 41.2 Å². The van der Waals surface area contributed by atoms with Crippen LogP contribution in [0.25, 0.3) is 5.69 Å². The largest absolute Gasteiger partial charge is 0.487 e. The third-order valence-electron chi connectivity index (χ3n) is 3.83. The smallest absolute Gasteiger partial charge is 0.368 e. The minimum absolute atomic E-state index is 0.141. The molecule has 0 saturated carbocycles. The molecule has 3 rings (SSSR count). The Hall–Kier alpha value is -2.74. The summed E-state index contributed by atoms with van der Waals surface area (Å²) in [5, 5.41) is 7.71. The lowest BCUT2D eigenvalue weighted by Gasteiger charge is -2.15. The molecule has 1 heterocycles. The molecule has 0 unspecified atom stereocenters. The van der Waals surface area contributed by atoms with Crippen molar-refractivity contribution in [2.75, 3.05) is 0 Å². The standard InChI is InChI=1S/C17H15ClF2N4O2/c1-10-6-7-13(18)15(8-10)26-9-12-11(16(19)20)4-3-5-14(12)24-17(25)23(2)21-22-24/h3-8,16H,9H2,1-2H3. The van der Waals surface area contributed by atoms with E-state index in [1.54, 1.807) is 12.1 Å². The molecule has 0 amide bonds. The normalized spacial score (nSPS) is 11.2. The van der Waals surface area contributed by atoms with Crippen molar-refractivity contribution in [1.82, 2.24) is 19.8 Å². The number of hydrogen-bond donors (Lipinski definition) is 0. The first-order valence-corrected chi connectivity index (χ1v) is 8.04. The number of alkyl halides is 2. The van der Waals surface area contributed by atoms with Gasteiger partial charge in [0.2, 0.25) is 0 Å². The molecule has 26 heavy (non-hydrogen) atoms. The SMILES string of the molecule is Cc1ccc(Cl)c(OCc2c(C(F)F)cccc2-n2nnn(C)c2=O)c1. The van der Waals surface area contributed by atoms with Gasteiger partial charge in [-0.25, -0.2) is 13.6 Å². The van der Waals surface area contributed by atoms with E-state index in [1.165, 1.54) is 25.2 Å². The van der Waals surface area contributed by atoms with Crippen LogP contribution in [-0.2, 0) is 13.7 Å². The van der Waals surface area contributed by atoms with Crippen molar-refractivity contribution in [3.63, 3.8) is 0 Å². The highest BCUT2D eigenvalue weighted by atomic mass is 35.5. The second kappa shape index (κ2) is 7.25. The molecule has 0 spiro atoms. The van der Waals surface area contributed by atoms with Crippen molar-refractivity contribution in [3.05, 3.63) is 68.6 Å². The first kappa shape index (κ1) is 18.1. The summed E-state index contributed by atoms with van der Waals surface area (Å²) in [4.78, 5) is 12.1. The van der Waals surface area contributed by atoms with Gasteiger partial charge in [-0.3, -0.25) is 0 Å². The van der Waals surface area contributed by atoms with Crippen LogP contribution in [0.3, 0.4) is 0 Å². The monoisotopic (exact) mass is 380 g/mol. The lowest BCUT2D eigenvalue weighted by atomic mass is 10.1. The first-order chi connectivity index (χ1) is 12.4. The summed E-state index contributed by atoms with van der Waals surface area (Å²) in [5.41, 5.74) is 0.444. The summed E-state index contributed by atoms with van der Waals surface area (Å²) in [6, 6.07) is 9.42. The Kier molecular flexibility index (Phi) is 5.03. The van der Waals surface area contributed by atoms with Gasteiger partial charge in [0.1, 0.15) is 12.4 Å². The number of aryl methyl sites for hydroxylation is 2. The van der Waals surface area contributed by atoms with Gasteiger partial charge in [-0.05, 0) is 41.1 Å². The van der Waals surface area contributed by atoms with Crippen LogP contribution in [0.5, 0.6) is 5.75 Å². The second-order valence-corrected chi connectivity index (χ2v) is 6.07. The maximum absolute atomic E-state index is 13.5. The van der Waals surface area contributed by atoms with E-state index in [4.69, 9.17) is 16.3 Å². The van der Waals surface area contributed by atoms with Crippen LogP contribution >= 0.6 is 11.6 Å². The van der Waals surface area contributed by atoms with Gasteiger partial charge >= 0.3 is 5.69 Å². The van der Waals surface area contributed by atoms with Gasteiger partial charge in [-0.15, -0.1) is 0 Å². The van der Waals surface area contributed by atoms with E-state index in [-0.39, 0.29) is 23.4 Å². The van der Waals surface area contributed by atoms with E-state index < -0.39 is 12.1 Å². The molecule has 0 aliphatic rings. The summed E-state index contributed by atoms with van der Waals surface area (Å²) in [7, 11) is 1.42.